The number of fused-ring (bicyclic) bond motifs is 3. The average molecular weight is 1510 g/mol. The van der Waals surface area contributed by atoms with Crippen LogP contribution in [0.4, 0.5) is 27.6 Å². The zero-order valence-corrected chi connectivity index (χ0v) is 59.5. The van der Waals surface area contributed by atoms with E-state index >= 15 is 0 Å². The second kappa shape index (κ2) is 30.3. The molecule has 0 saturated carbocycles. The Morgan fingerprint density at radius 3 is 1.44 bits per heavy atom. The number of hydrogen-bond acceptors (Lipinski definition) is 11. The number of halogens is 7. The molecule has 3 atom stereocenters. The molecule has 5 aromatic heterocycles. The van der Waals surface area contributed by atoms with Gasteiger partial charge in [-0.2, -0.15) is 11.3 Å². The van der Waals surface area contributed by atoms with Crippen LogP contribution in [0.2, 0.25) is 15.1 Å². The van der Waals surface area contributed by atoms with E-state index in [9.17, 15) is 41.9 Å². The van der Waals surface area contributed by atoms with Gasteiger partial charge in [-0.3, -0.25) is 14.4 Å². The van der Waals surface area contributed by atoms with Gasteiger partial charge in [0.05, 0.1) is 27.5 Å². The molecule has 27 heteroatoms. The zero-order chi connectivity index (χ0) is 68.8. The summed E-state index contributed by atoms with van der Waals surface area (Å²) in [7, 11) is 0. The fourth-order valence-electron chi connectivity index (χ4n) is 11.1. The van der Waals surface area contributed by atoms with Crippen LogP contribution in [0.25, 0.3) is 55.1 Å². The molecule has 0 saturated heterocycles. The van der Waals surface area contributed by atoms with Crippen LogP contribution in [0.15, 0.2) is 107 Å². The second-order valence-electron chi connectivity index (χ2n) is 25.5. The van der Waals surface area contributed by atoms with E-state index in [1.165, 1.54) is 59.1 Å². The van der Waals surface area contributed by atoms with E-state index in [0.717, 1.165) is 19.8 Å². The molecule has 0 aliphatic carbocycles. The van der Waals surface area contributed by atoms with E-state index in [2.05, 4.69) is 54.5 Å². The van der Waals surface area contributed by atoms with Crippen molar-refractivity contribution in [1.82, 2.24) is 45.6 Å². The lowest BCUT2D eigenvalue weighted by atomic mass is 10.0. The lowest BCUT2D eigenvalue weighted by molar-refractivity contribution is 0.0513. The molecule has 8 heterocycles. The molecule has 0 fully saturated rings. The van der Waals surface area contributed by atoms with Crippen molar-refractivity contribution in [3.05, 3.63) is 161 Å². The highest BCUT2D eigenvalue weighted by Crippen LogP contribution is 2.45. The van der Waals surface area contributed by atoms with E-state index in [4.69, 9.17) is 49.0 Å². The van der Waals surface area contributed by atoms with E-state index in [1.54, 1.807) is 92.6 Å². The van der Waals surface area contributed by atoms with E-state index < -0.39 is 52.5 Å². The number of thiophene rings is 2. The molecule has 0 spiro atoms. The van der Waals surface area contributed by atoms with Crippen molar-refractivity contribution < 1.29 is 56.1 Å². The maximum absolute atomic E-state index is 14.8. The summed E-state index contributed by atoms with van der Waals surface area (Å²) in [5.74, 6) is -1.89. The van der Waals surface area contributed by atoms with Crippen LogP contribution >= 0.6 is 80.1 Å². The normalized spacial score (nSPS) is 15.8. The molecule has 504 valence electrons. The summed E-state index contributed by atoms with van der Waals surface area (Å²) in [6.45, 7) is 18.5. The Balaban J connectivity index is 0.000000168. The van der Waals surface area contributed by atoms with Crippen molar-refractivity contribution in [1.29, 1.82) is 0 Å². The first-order valence-electron chi connectivity index (χ1n) is 30.4. The van der Waals surface area contributed by atoms with Crippen LogP contribution in [0.1, 0.15) is 131 Å². The van der Waals surface area contributed by atoms with Gasteiger partial charge in [0.15, 0.2) is 0 Å². The number of carbonyl (C=O) groups is 6. The Kier molecular flexibility index (Phi) is 22.9. The number of ether oxygens (including phenoxy) is 3. The molecule has 3 aliphatic heterocycles. The lowest BCUT2D eigenvalue weighted by Crippen LogP contribution is -2.41. The van der Waals surface area contributed by atoms with Gasteiger partial charge in [-0.25, -0.2) is 27.6 Å². The van der Waals surface area contributed by atoms with Gasteiger partial charge in [-0.1, -0.05) is 40.9 Å². The molecule has 0 radical (unpaired) electrons. The van der Waals surface area contributed by atoms with Crippen LogP contribution in [-0.2, 0) is 14.2 Å². The molecule has 0 bridgehead atoms. The van der Waals surface area contributed by atoms with Crippen LogP contribution in [0.5, 0.6) is 0 Å². The summed E-state index contributed by atoms with van der Waals surface area (Å²) in [5, 5.41) is 24.0. The molecule has 8 aromatic rings. The Labute approximate surface area is 585 Å². The first kappa shape index (κ1) is 71.8. The predicted molar refractivity (Wildman–Crippen MR) is 375 cm³/mol. The maximum atomic E-state index is 14.8. The standard InChI is InChI=1S/2C24H25ClFN3O3S.C20H22ClFIN3O3/c1-24(2,3)32-23(31)27-8-6-16-12-28-22(30)20-11-18(17-10-15(25)4-5-19(17)26)21(29(16)20)14-7-9-33-13-14;1-24(2,3)32-23(31)27-9-8-15-12-28-22(30)21-20(19-5-4-10-33-19)17(13-29(15)21)16-11-14(25)6-7-18(16)26;1-20(2,3)29-19(28)24-7-6-12-10-25-18(27)16-9-14(17(23)26(12)16)13-8-11(21)4-5-15(13)22/h4-5,7,9-11,13,16H,6,8,12H2,1-3H3,(H,27,31)(H,28,30);4-7,10-11,13,15H,8-9,12H2,1-3H3,(H,27,31)(H,28,30);4-5,8-9,12H,6-7,10H2,1-3H3,(H,24,28)(H,25,27). The summed E-state index contributed by atoms with van der Waals surface area (Å²) >= 11 is 23.5. The number of hydrogen-bond donors (Lipinski definition) is 6. The Morgan fingerprint density at radius 1 is 0.547 bits per heavy atom. The average Bonchev–Trinajstić information content (AvgIpc) is 1.61. The molecular weight excluding hydrogens is 1440 g/mol. The van der Waals surface area contributed by atoms with Gasteiger partial charge in [0.1, 0.15) is 51.3 Å². The quantitative estimate of drug-likeness (QED) is 0.0450. The Morgan fingerprint density at radius 2 is 0.979 bits per heavy atom. The van der Waals surface area contributed by atoms with Crippen molar-refractivity contribution in [3.63, 3.8) is 0 Å². The van der Waals surface area contributed by atoms with Crippen molar-refractivity contribution in [2.75, 3.05) is 39.3 Å². The molecule has 6 N–H and O–H groups in total. The summed E-state index contributed by atoms with van der Waals surface area (Å²) < 4.78 is 66.4. The second-order valence-corrected chi connectivity index (χ2v) is 29.6. The zero-order valence-electron chi connectivity index (χ0n) is 53.5. The molecular formula is C68H72Cl3F3IN9O9S2. The van der Waals surface area contributed by atoms with E-state index in [-0.39, 0.29) is 35.8 Å². The SMILES string of the molecule is CC(C)(C)OC(=O)NCCC1CNC(=O)c2c(-c3cccs3)c(-c3cc(Cl)ccc3F)cn21.CC(C)(C)OC(=O)NCCC1CNC(=O)c2cc(-c3cc(Cl)ccc3F)c(-c3ccsc3)n21.CC(C)(C)OC(=O)NCCC1CNC(=O)c2cc(-c3cc(Cl)ccc3F)c(I)n21. The first-order valence-corrected chi connectivity index (χ1v) is 34.5. The number of nitrogens with one attached hydrogen (secondary N) is 6. The molecule has 6 amide bonds. The third-order valence-corrected chi connectivity index (χ3v) is 18.4. The largest absolute Gasteiger partial charge is 0.444 e. The topological polar surface area (TPSA) is 217 Å². The molecule has 3 aliphatic rings. The highest BCUT2D eigenvalue weighted by molar-refractivity contribution is 14.1. The lowest BCUT2D eigenvalue weighted by Gasteiger charge is -2.29. The summed E-state index contributed by atoms with van der Waals surface area (Å²) in [6, 6.07) is 22.0. The van der Waals surface area contributed by atoms with Crippen molar-refractivity contribution in [2.24, 2.45) is 0 Å². The third-order valence-electron chi connectivity index (χ3n) is 15.0. The predicted octanol–water partition coefficient (Wildman–Crippen LogP) is 16.5. The fraction of sp³-hybridized carbons (Fsp3) is 0.353. The minimum Gasteiger partial charge on any atom is -0.444 e. The van der Waals surface area contributed by atoms with Crippen LogP contribution < -0.4 is 31.9 Å². The fourth-order valence-corrected chi connectivity index (χ4v) is 14.1. The number of alkyl carbamates (subject to hydrolysis) is 3. The summed E-state index contributed by atoms with van der Waals surface area (Å²) in [4.78, 5) is 74.8. The van der Waals surface area contributed by atoms with Crippen LogP contribution in [0, 0.1) is 21.2 Å². The number of benzene rings is 3. The number of nitrogens with zero attached hydrogens (tertiary/aromatic N) is 3. The van der Waals surface area contributed by atoms with Crippen LogP contribution in [-0.4, -0.2) is 106 Å². The van der Waals surface area contributed by atoms with Crippen LogP contribution in [0.3, 0.4) is 0 Å². The van der Waals surface area contributed by atoms with Gasteiger partial charge in [-0.15, -0.1) is 11.3 Å². The molecule has 11 rings (SSSR count). The maximum Gasteiger partial charge on any atom is 0.407 e. The number of aromatic nitrogens is 3. The molecule has 18 nitrogen and oxygen atoms in total. The number of amides is 6. The monoisotopic (exact) mass is 1510 g/mol. The van der Waals surface area contributed by atoms with Gasteiger partial charge in [-0.05, 0) is 194 Å². The Hall–Kier alpha value is -7.49. The smallest absolute Gasteiger partial charge is 0.407 e. The molecule has 95 heavy (non-hydrogen) atoms. The van der Waals surface area contributed by atoms with Crippen molar-refractivity contribution in [2.45, 2.75) is 117 Å². The van der Waals surface area contributed by atoms with E-state index in [1.807, 2.05) is 54.2 Å². The minimum absolute atomic E-state index is 0.0828. The molecule has 3 unspecified atom stereocenters. The highest BCUT2D eigenvalue weighted by Gasteiger charge is 2.35. The number of rotatable bonds is 14. The van der Waals surface area contributed by atoms with Gasteiger partial charge in [0.25, 0.3) is 17.7 Å². The van der Waals surface area contributed by atoms with E-state index in [0.29, 0.717) is 130 Å². The summed E-state index contributed by atoms with van der Waals surface area (Å²) in [5.41, 5.74) is 4.80. The van der Waals surface area contributed by atoms with Gasteiger partial charge in [0, 0.05) is 115 Å². The first-order chi connectivity index (χ1) is 44.8. The Bertz CT molecular complexity index is 4110. The van der Waals surface area contributed by atoms with Gasteiger partial charge in [0.2, 0.25) is 0 Å². The van der Waals surface area contributed by atoms with Gasteiger partial charge < -0.3 is 59.8 Å². The minimum atomic E-state index is -0.585. The van der Waals surface area contributed by atoms with Crippen molar-refractivity contribution in [3.8, 4) is 55.1 Å². The molecule has 3 aromatic carbocycles. The van der Waals surface area contributed by atoms with Gasteiger partial charge >= 0.3 is 18.3 Å². The third kappa shape index (κ3) is 18.0. The number of carbonyl (C=O) groups excluding carboxylic acids is 6. The van der Waals surface area contributed by atoms with Crippen molar-refractivity contribution >= 4 is 116 Å². The summed E-state index contributed by atoms with van der Waals surface area (Å²) in [6.07, 6.45) is 2.04. The highest BCUT2D eigenvalue weighted by atomic mass is 127.